The van der Waals surface area contributed by atoms with Crippen molar-refractivity contribution in [3.8, 4) is 5.75 Å². The number of amides is 1. The number of anilines is 1. The highest BCUT2D eigenvalue weighted by molar-refractivity contribution is 6.06. The molecule has 6 nitrogen and oxygen atoms in total. The van der Waals surface area contributed by atoms with Crippen molar-refractivity contribution in [1.82, 2.24) is 4.98 Å². The van der Waals surface area contributed by atoms with Gasteiger partial charge in [0.05, 0.1) is 29.6 Å². The van der Waals surface area contributed by atoms with E-state index in [0.717, 1.165) is 5.56 Å². The number of aromatic nitrogens is 1. The van der Waals surface area contributed by atoms with E-state index in [1.54, 1.807) is 18.2 Å². The molecule has 1 heterocycles. The van der Waals surface area contributed by atoms with Crippen LogP contribution in [-0.4, -0.2) is 27.1 Å². The van der Waals surface area contributed by atoms with Gasteiger partial charge >= 0.3 is 5.97 Å². The number of carbonyl (C=O) groups excluding carboxylic acids is 1. The number of aryl methyl sites for hydroxylation is 1. The van der Waals surface area contributed by atoms with Gasteiger partial charge in [0.15, 0.2) is 0 Å². The minimum Gasteiger partial charge on any atom is -0.507 e. The van der Waals surface area contributed by atoms with E-state index in [9.17, 15) is 14.7 Å². The maximum atomic E-state index is 12.1. The highest BCUT2D eigenvalue weighted by atomic mass is 16.4. The summed E-state index contributed by atoms with van der Waals surface area (Å²) in [6.45, 7) is 1.82. The van der Waals surface area contributed by atoms with Crippen molar-refractivity contribution in [2.75, 3.05) is 5.32 Å². The van der Waals surface area contributed by atoms with Crippen LogP contribution in [0.15, 0.2) is 36.5 Å². The first kappa shape index (κ1) is 14.5. The first-order valence-corrected chi connectivity index (χ1v) is 6.23. The van der Waals surface area contributed by atoms with Crippen LogP contribution >= 0.6 is 0 Å². The Labute approximate surface area is 121 Å². The third kappa shape index (κ3) is 3.79. The van der Waals surface area contributed by atoms with Gasteiger partial charge in [0.1, 0.15) is 5.75 Å². The molecule has 0 fully saturated rings. The van der Waals surface area contributed by atoms with Crippen molar-refractivity contribution in [1.29, 1.82) is 0 Å². The summed E-state index contributed by atoms with van der Waals surface area (Å²) in [6, 6.07) is 7.83. The number of phenolic OH excluding ortho intramolecular Hbond substituents is 1. The normalized spacial score (nSPS) is 10.1. The molecule has 1 aromatic heterocycles. The summed E-state index contributed by atoms with van der Waals surface area (Å²) in [5.74, 6) is -1.53. The number of rotatable bonds is 4. The number of nitrogens with zero attached hydrogens (tertiary/aromatic N) is 1. The number of aromatic hydroxyl groups is 1. The minimum absolute atomic E-state index is 0.103. The predicted octanol–water partition coefficient (Wildman–Crippen LogP) is 1.98. The molecular formula is C15H14N2O4. The number of nitrogens with one attached hydrogen (secondary N) is 1. The molecule has 21 heavy (non-hydrogen) atoms. The molecule has 108 valence electrons. The lowest BCUT2D eigenvalue weighted by Gasteiger charge is -2.08. The van der Waals surface area contributed by atoms with Crippen LogP contribution in [0.3, 0.4) is 0 Å². The lowest BCUT2D eigenvalue weighted by Crippen LogP contribution is -2.13. The zero-order valence-corrected chi connectivity index (χ0v) is 11.3. The number of benzene rings is 1. The Bertz CT molecular complexity index is 681. The number of phenols is 1. The van der Waals surface area contributed by atoms with Crippen LogP contribution < -0.4 is 5.32 Å². The van der Waals surface area contributed by atoms with Gasteiger partial charge in [-0.15, -0.1) is 0 Å². The Kier molecular flexibility index (Phi) is 4.18. The lowest BCUT2D eigenvalue weighted by molar-refractivity contribution is -0.136. The molecule has 2 aromatic rings. The van der Waals surface area contributed by atoms with Gasteiger partial charge in [-0.05, 0) is 31.2 Å². The van der Waals surface area contributed by atoms with Crippen LogP contribution in [0.25, 0.3) is 0 Å². The molecule has 0 atom stereocenters. The second-order valence-electron chi connectivity index (χ2n) is 4.58. The van der Waals surface area contributed by atoms with Gasteiger partial charge in [0.2, 0.25) is 0 Å². The van der Waals surface area contributed by atoms with E-state index in [2.05, 4.69) is 10.3 Å². The molecule has 0 bridgehead atoms. The summed E-state index contributed by atoms with van der Waals surface area (Å²) in [5.41, 5.74) is 1.85. The fourth-order valence-electron chi connectivity index (χ4n) is 1.79. The molecule has 2 rings (SSSR count). The van der Waals surface area contributed by atoms with Gasteiger partial charge < -0.3 is 15.5 Å². The van der Waals surface area contributed by atoms with E-state index >= 15 is 0 Å². The lowest BCUT2D eigenvalue weighted by atomic mass is 10.1. The summed E-state index contributed by atoms with van der Waals surface area (Å²) >= 11 is 0. The second kappa shape index (κ2) is 6.04. The number of hydrogen-bond acceptors (Lipinski definition) is 4. The Hall–Kier alpha value is -2.89. The molecule has 3 N–H and O–H groups in total. The summed E-state index contributed by atoms with van der Waals surface area (Å²) in [4.78, 5) is 26.6. The van der Waals surface area contributed by atoms with Crippen molar-refractivity contribution >= 4 is 17.6 Å². The van der Waals surface area contributed by atoms with Crippen LogP contribution in [0.5, 0.6) is 5.75 Å². The standard InChI is InChI=1S/C15H14N2O4/c1-9-2-5-13(18)12(6-9)15(21)17-11-4-3-10(16-8-11)7-14(19)20/h2-6,8,18H,7H2,1H3,(H,17,21)(H,19,20). The van der Waals surface area contributed by atoms with E-state index < -0.39 is 11.9 Å². The Morgan fingerprint density at radius 3 is 2.62 bits per heavy atom. The zero-order chi connectivity index (χ0) is 15.4. The Balaban J connectivity index is 2.12. The van der Waals surface area contributed by atoms with Crippen molar-refractivity contribution in [3.05, 3.63) is 53.3 Å². The molecule has 0 saturated carbocycles. The topological polar surface area (TPSA) is 99.5 Å². The molecular weight excluding hydrogens is 272 g/mol. The van der Waals surface area contributed by atoms with Gasteiger partial charge in [-0.1, -0.05) is 11.6 Å². The van der Waals surface area contributed by atoms with Crippen molar-refractivity contribution in [3.63, 3.8) is 0 Å². The SMILES string of the molecule is Cc1ccc(O)c(C(=O)Nc2ccc(CC(=O)O)nc2)c1. The quantitative estimate of drug-likeness (QED) is 0.798. The second-order valence-corrected chi connectivity index (χ2v) is 4.58. The zero-order valence-electron chi connectivity index (χ0n) is 11.3. The van der Waals surface area contributed by atoms with Crippen LogP contribution in [0.2, 0.25) is 0 Å². The monoisotopic (exact) mass is 286 g/mol. The molecule has 0 aliphatic rings. The van der Waals surface area contributed by atoms with Crippen molar-refractivity contribution in [2.24, 2.45) is 0 Å². The highest BCUT2D eigenvalue weighted by Gasteiger charge is 2.12. The van der Waals surface area contributed by atoms with Crippen LogP contribution in [0.4, 0.5) is 5.69 Å². The summed E-state index contributed by atoms with van der Waals surface area (Å²) in [5, 5.41) is 20.9. The third-order valence-corrected chi connectivity index (χ3v) is 2.81. The van der Waals surface area contributed by atoms with Gasteiger partial charge in [-0.25, -0.2) is 0 Å². The predicted molar refractivity (Wildman–Crippen MR) is 76.4 cm³/mol. The molecule has 1 amide bonds. The van der Waals surface area contributed by atoms with Crippen LogP contribution in [-0.2, 0) is 11.2 Å². The number of aliphatic carboxylic acids is 1. The third-order valence-electron chi connectivity index (χ3n) is 2.81. The average molecular weight is 286 g/mol. The van der Waals surface area contributed by atoms with Gasteiger partial charge in [0.25, 0.3) is 5.91 Å². The largest absolute Gasteiger partial charge is 0.507 e. The first-order chi connectivity index (χ1) is 9.95. The molecule has 0 aliphatic carbocycles. The first-order valence-electron chi connectivity index (χ1n) is 6.23. The van der Waals surface area contributed by atoms with E-state index in [4.69, 9.17) is 5.11 Å². The number of carboxylic acids is 1. The molecule has 0 aliphatic heterocycles. The van der Waals surface area contributed by atoms with E-state index in [0.29, 0.717) is 11.4 Å². The molecule has 6 heteroatoms. The van der Waals surface area contributed by atoms with Crippen LogP contribution in [0, 0.1) is 6.92 Å². The Morgan fingerprint density at radius 1 is 1.24 bits per heavy atom. The molecule has 0 saturated heterocycles. The van der Waals surface area contributed by atoms with E-state index in [1.165, 1.54) is 18.3 Å². The number of hydrogen-bond donors (Lipinski definition) is 3. The van der Waals surface area contributed by atoms with E-state index in [1.807, 2.05) is 6.92 Å². The van der Waals surface area contributed by atoms with Crippen molar-refractivity contribution < 1.29 is 19.8 Å². The maximum Gasteiger partial charge on any atom is 0.309 e. The van der Waals surface area contributed by atoms with Gasteiger partial charge in [0, 0.05) is 0 Å². The fourth-order valence-corrected chi connectivity index (χ4v) is 1.79. The van der Waals surface area contributed by atoms with Gasteiger partial charge in [-0.3, -0.25) is 14.6 Å². The summed E-state index contributed by atoms with van der Waals surface area (Å²) in [7, 11) is 0. The Morgan fingerprint density at radius 2 is 2.00 bits per heavy atom. The molecule has 0 unspecified atom stereocenters. The minimum atomic E-state index is -0.969. The smallest absolute Gasteiger partial charge is 0.309 e. The number of carbonyl (C=O) groups is 2. The summed E-state index contributed by atoms with van der Waals surface area (Å²) in [6.07, 6.45) is 1.20. The summed E-state index contributed by atoms with van der Waals surface area (Å²) < 4.78 is 0. The maximum absolute atomic E-state index is 12.1. The molecule has 1 aromatic carbocycles. The van der Waals surface area contributed by atoms with Crippen molar-refractivity contribution in [2.45, 2.75) is 13.3 Å². The highest BCUT2D eigenvalue weighted by Crippen LogP contribution is 2.19. The van der Waals surface area contributed by atoms with E-state index in [-0.39, 0.29) is 17.7 Å². The number of carboxylic acid groups (broad SMARTS) is 1. The number of pyridine rings is 1. The molecule has 0 radical (unpaired) electrons. The molecule has 0 spiro atoms. The average Bonchev–Trinajstić information content (AvgIpc) is 2.43. The fraction of sp³-hybridized carbons (Fsp3) is 0.133. The van der Waals surface area contributed by atoms with Gasteiger partial charge in [-0.2, -0.15) is 0 Å². The van der Waals surface area contributed by atoms with Crippen LogP contribution in [0.1, 0.15) is 21.6 Å².